The lowest BCUT2D eigenvalue weighted by Gasteiger charge is -2.26. The fourth-order valence-corrected chi connectivity index (χ4v) is 3.08. The topological polar surface area (TPSA) is 46.3 Å². The molecule has 0 bridgehead atoms. The molecule has 0 N–H and O–H groups in total. The molecule has 4 rings (SSSR count). The average molecular weight is 376 g/mol. The molecule has 2 heterocycles. The molecule has 0 saturated carbocycles. The van der Waals surface area contributed by atoms with Gasteiger partial charge in [0.2, 0.25) is 0 Å². The van der Waals surface area contributed by atoms with E-state index in [1.165, 1.54) is 29.2 Å². The monoisotopic (exact) mass is 376 g/mol. The second-order valence-electron chi connectivity index (χ2n) is 6.14. The Labute approximate surface area is 151 Å². The van der Waals surface area contributed by atoms with Crippen molar-refractivity contribution in [2.75, 3.05) is 6.54 Å². The van der Waals surface area contributed by atoms with Crippen LogP contribution in [0.15, 0.2) is 40.9 Å². The molecular formula is C19H12F4N2O2. The highest BCUT2D eigenvalue weighted by atomic mass is 19.2. The molecule has 0 spiro atoms. The second-order valence-corrected chi connectivity index (χ2v) is 6.14. The predicted octanol–water partition coefficient (Wildman–Crippen LogP) is 4.10. The van der Waals surface area contributed by atoms with E-state index in [1.807, 2.05) is 0 Å². The molecule has 1 aliphatic heterocycles. The second kappa shape index (κ2) is 6.53. The van der Waals surface area contributed by atoms with Gasteiger partial charge in [0.25, 0.3) is 5.91 Å². The molecular weight excluding hydrogens is 364 g/mol. The van der Waals surface area contributed by atoms with Gasteiger partial charge in [0.05, 0.1) is 17.8 Å². The number of rotatable bonds is 2. The summed E-state index contributed by atoms with van der Waals surface area (Å²) in [5.74, 6) is -5.35. The summed E-state index contributed by atoms with van der Waals surface area (Å²) in [6, 6.07) is 7.21. The van der Waals surface area contributed by atoms with E-state index in [1.54, 1.807) is 0 Å². The Kier molecular flexibility index (Phi) is 4.18. The largest absolute Gasteiger partial charge is 0.356 e. The molecule has 0 fully saturated rings. The zero-order chi connectivity index (χ0) is 19.1. The van der Waals surface area contributed by atoms with E-state index in [0.717, 1.165) is 6.07 Å². The van der Waals surface area contributed by atoms with Crippen LogP contribution in [0.5, 0.6) is 0 Å². The Morgan fingerprint density at radius 3 is 2.48 bits per heavy atom. The Morgan fingerprint density at radius 2 is 1.74 bits per heavy atom. The summed E-state index contributed by atoms with van der Waals surface area (Å²) >= 11 is 0. The number of hydrogen-bond acceptors (Lipinski definition) is 3. The lowest BCUT2D eigenvalue weighted by Crippen LogP contribution is -2.36. The van der Waals surface area contributed by atoms with Gasteiger partial charge in [-0.25, -0.2) is 17.6 Å². The number of carbonyl (C=O) groups is 1. The van der Waals surface area contributed by atoms with Gasteiger partial charge in [-0.3, -0.25) is 4.79 Å². The molecule has 138 valence electrons. The maximum atomic E-state index is 14.0. The Balaban J connectivity index is 1.65. The summed E-state index contributed by atoms with van der Waals surface area (Å²) in [4.78, 5) is 13.9. The van der Waals surface area contributed by atoms with Gasteiger partial charge in [-0.2, -0.15) is 0 Å². The first kappa shape index (κ1) is 17.3. The van der Waals surface area contributed by atoms with E-state index >= 15 is 0 Å². The van der Waals surface area contributed by atoms with Crippen molar-refractivity contribution in [2.45, 2.75) is 13.0 Å². The van der Waals surface area contributed by atoms with Gasteiger partial charge in [0.15, 0.2) is 23.2 Å². The molecule has 2 aromatic carbocycles. The third-order valence-electron chi connectivity index (χ3n) is 4.50. The summed E-state index contributed by atoms with van der Waals surface area (Å²) in [5.41, 5.74) is 1.30. The highest BCUT2D eigenvalue weighted by molar-refractivity contribution is 5.94. The maximum Gasteiger partial charge on any atom is 0.257 e. The van der Waals surface area contributed by atoms with Crippen LogP contribution >= 0.6 is 0 Å². The highest BCUT2D eigenvalue weighted by Gasteiger charge is 2.30. The van der Waals surface area contributed by atoms with Crippen molar-refractivity contribution >= 4 is 5.91 Å². The van der Waals surface area contributed by atoms with Crippen LogP contribution in [0.3, 0.4) is 0 Å². The van der Waals surface area contributed by atoms with E-state index in [4.69, 9.17) is 4.52 Å². The highest BCUT2D eigenvalue weighted by Crippen LogP contribution is 2.31. The number of hydrogen-bond donors (Lipinski definition) is 0. The van der Waals surface area contributed by atoms with Crippen LogP contribution < -0.4 is 0 Å². The normalized spacial score (nSPS) is 13.6. The molecule has 0 unspecified atom stereocenters. The first-order valence-electron chi connectivity index (χ1n) is 8.12. The van der Waals surface area contributed by atoms with Crippen LogP contribution in [-0.4, -0.2) is 22.5 Å². The summed E-state index contributed by atoms with van der Waals surface area (Å²) in [5, 5.41) is 3.97. The van der Waals surface area contributed by atoms with Crippen molar-refractivity contribution in [3.8, 4) is 11.3 Å². The molecule has 0 aliphatic carbocycles. The standard InChI is InChI=1S/C19H12F4N2O2/c20-11-3-1-10(2-4-11)18-13-9-25(8-7-15(13)24-27-18)19(26)12-5-6-14(21)17(23)16(12)22/h1-6H,7-9H2. The van der Waals surface area contributed by atoms with E-state index in [0.29, 0.717) is 35.1 Å². The molecule has 8 heteroatoms. The third-order valence-corrected chi connectivity index (χ3v) is 4.50. The quantitative estimate of drug-likeness (QED) is 0.500. The molecule has 27 heavy (non-hydrogen) atoms. The zero-order valence-corrected chi connectivity index (χ0v) is 13.8. The van der Waals surface area contributed by atoms with Gasteiger partial charge >= 0.3 is 0 Å². The zero-order valence-electron chi connectivity index (χ0n) is 13.8. The lowest BCUT2D eigenvalue weighted by molar-refractivity contribution is 0.0728. The number of nitrogens with zero attached hydrogens (tertiary/aromatic N) is 2. The molecule has 0 atom stereocenters. The molecule has 3 aromatic rings. The van der Waals surface area contributed by atoms with E-state index in [9.17, 15) is 22.4 Å². The van der Waals surface area contributed by atoms with Crippen LogP contribution in [0.25, 0.3) is 11.3 Å². The number of fused-ring (bicyclic) bond motifs is 1. The summed E-state index contributed by atoms with van der Waals surface area (Å²) in [6.45, 7) is 0.280. The Morgan fingerprint density at radius 1 is 1.00 bits per heavy atom. The fourth-order valence-electron chi connectivity index (χ4n) is 3.08. The number of carbonyl (C=O) groups excluding carboxylic acids is 1. The van der Waals surface area contributed by atoms with Crippen LogP contribution in [0, 0.1) is 23.3 Å². The van der Waals surface area contributed by atoms with Crippen LogP contribution in [0.1, 0.15) is 21.6 Å². The molecule has 0 saturated heterocycles. The summed E-state index contributed by atoms with van der Waals surface area (Å²) < 4.78 is 59.0. The first-order valence-corrected chi connectivity index (χ1v) is 8.12. The van der Waals surface area contributed by atoms with Gasteiger partial charge in [-0.1, -0.05) is 5.16 Å². The minimum absolute atomic E-state index is 0.0583. The van der Waals surface area contributed by atoms with Gasteiger partial charge in [-0.05, 0) is 36.4 Å². The molecule has 1 aromatic heterocycles. The minimum atomic E-state index is -1.68. The number of aromatic nitrogens is 1. The molecule has 1 amide bonds. The number of halogens is 4. The fraction of sp³-hybridized carbons (Fsp3) is 0.158. The number of amides is 1. The van der Waals surface area contributed by atoms with Crippen molar-refractivity contribution in [1.29, 1.82) is 0 Å². The maximum absolute atomic E-state index is 14.0. The van der Waals surface area contributed by atoms with E-state index < -0.39 is 34.7 Å². The Bertz CT molecular complexity index is 1030. The third kappa shape index (κ3) is 2.97. The first-order chi connectivity index (χ1) is 13.0. The SMILES string of the molecule is O=C(c1ccc(F)c(F)c1F)N1CCc2noc(-c3ccc(F)cc3)c2C1. The summed E-state index contributed by atoms with van der Waals surface area (Å²) in [7, 11) is 0. The van der Waals surface area contributed by atoms with Gasteiger partial charge in [-0.15, -0.1) is 0 Å². The van der Waals surface area contributed by atoms with Crippen LogP contribution in [-0.2, 0) is 13.0 Å². The minimum Gasteiger partial charge on any atom is -0.356 e. The van der Waals surface area contributed by atoms with Crippen LogP contribution in [0.2, 0.25) is 0 Å². The van der Waals surface area contributed by atoms with Crippen molar-refractivity contribution in [3.05, 3.63) is 76.5 Å². The average Bonchev–Trinajstić information content (AvgIpc) is 3.09. The number of benzene rings is 2. The molecule has 0 radical (unpaired) electrons. The lowest BCUT2D eigenvalue weighted by atomic mass is 10.0. The van der Waals surface area contributed by atoms with Crippen LogP contribution in [0.4, 0.5) is 17.6 Å². The van der Waals surface area contributed by atoms with E-state index in [-0.39, 0.29) is 13.1 Å². The van der Waals surface area contributed by atoms with Crippen molar-refractivity contribution in [2.24, 2.45) is 0 Å². The summed E-state index contributed by atoms with van der Waals surface area (Å²) in [6.07, 6.45) is 0.358. The van der Waals surface area contributed by atoms with E-state index in [2.05, 4.69) is 5.16 Å². The van der Waals surface area contributed by atoms with Gasteiger partial charge in [0.1, 0.15) is 5.82 Å². The smallest absolute Gasteiger partial charge is 0.257 e. The predicted molar refractivity (Wildman–Crippen MR) is 86.7 cm³/mol. The molecule has 1 aliphatic rings. The Hall–Kier alpha value is -3.16. The van der Waals surface area contributed by atoms with Crippen molar-refractivity contribution in [1.82, 2.24) is 10.1 Å². The van der Waals surface area contributed by atoms with Gasteiger partial charge in [0, 0.05) is 24.1 Å². The van der Waals surface area contributed by atoms with Crippen molar-refractivity contribution in [3.63, 3.8) is 0 Å². The van der Waals surface area contributed by atoms with Gasteiger partial charge < -0.3 is 9.42 Å². The van der Waals surface area contributed by atoms with Crippen molar-refractivity contribution < 1.29 is 26.9 Å². The molecule has 4 nitrogen and oxygen atoms in total.